The van der Waals surface area contributed by atoms with E-state index < -0.39 is 6.04 Å². The van der Waals surface area contributed by atoms with Gasteiger partial charge in [0.15, 0.2) is 6.61 Å². The molecule has 0 aliphatic carbocycles. The number of ether oxygens (including phenoxy) is 1. The minimum Gasteiger partial charge on any atom is -0.483 e. The first-order chi connectivity index (χ1) is 17.9. The Balaban J connectivity index is 1.64. The molecule has 190 valence electrons. The van der Waals surface area contributed by atoms with Crippen molar-refractivity contribution in [2.24, 2.45) is 0 Å². The van der Waals surface area contributed by atoms with Crippen molar-refractivity contribution < 1.29 is 14.3 Å². The van der Waals surface area contributed by atoms with E-state index in [1.54, 1.807) is 25.2 Å². The normalized spacial score (nSPS) is 11.7. The molecule has 1 N–H and O–H groups in total. The van der Waals surface area contributed by atoms with Crippen LogP contribution < -0.4 is 10.1 Å². The van der Waals surface area contributed by atoms with E-state index in [0.29, 0.717) is 27.8 Å². The molecule has 2 amide bonds. The second-order valence-electron chi connectivity index (χ2n) is 8.46. The molecule has 0 unspecified atom stereocenters. The molecule has 0 bridgehead atoms. The Morgan fingerprint density at radius 1 is 0.973 bits per heavy atom. The third-order valence-corrected chi connectivity index (χ3v) is 7.46. The van der Waals surface area contributed by atoms with E-state index in [1.807, 2.05) is 66.7 Å². The number of fused-ring (bicyclic) bond motifs is 1. The van der Waals surface area contributed by atoms with Crippen LogP contribution in [0.3, 0.4) is 0 Å². The molecule has 0 spiro atoms. The van der Waals surface area contributed by atoms with E-state index in [2.05, 4.69) is 21.2 Å². The second kappa shape index (κ2) is 12.5. The fourth-order valence-electron chi connectivity index (χ4n) is 4.10. The van der Waals surface area contributed by atoms with Crippen molar-refractivity contribution in [1.82, 2.24) is 10.2 Å². The first-order valence-electron chi connectivity index (χ1n) is 11.7. The fraction of sp³-hybridized carbons (Fsp3) is 0.172. The number of hydrogen-bond donors (Lipinski definition) is 1. The highest BCUT2D eigenvalue weighted by molar-refractivity contribution is 9.10. The Morgan fingerprint density at radius 3 is 2.43 bits per heavy atom. The molecule has 1 atom stereocenters. The molecule has 0 aliphatic rings. The monoisotopic (exact) mass is 598 g/mol. The number of likely N-dealkylation sites (N-methyl/N-ethyl adjacent to an activating group) is 1. The standard InChI is InChI=1S/C29H25BrCl2N2O3/c1-33-29(36)25(15-19-7-3-2-4-8-19)34(17-21-11-13-22(31)16-24(21)32)27(35)18-37-26-14-12-20-9-5-6-10-23(20)28(26)30/h2-14,16,25H,15,17-18H2,1H3,(H,33,36)/t25-/m1/s1. The summed E-state index contributed by atoms with van der Waals surface area (Å²) in [5.74, 6) is -0.0964. The predicted octanol–water partition coefficient (Wildman–Crippen LogP) is 6.67. The van der Waals surface area contributed by atoms with Crippen LogP contribution in [-0.4, -0.2) is 36.4 Å². The van der Waals surface area contributed by atoms with Crippen molar-refractivity contribution in [2.45, 2.75) is 19.0 Å². The van der Waals surface area contributed by atoms with E-state index in [9.17, 15) is 9.59 Å². The first-order valence-corrected chi connectivity index (χ1v) is 13.2. The van der Waals surface area contributed by atoms with Gasteiger partial charge >= 0.3 is 0 Å². The largest absolute Gasteiger partial charge is 0.483 e. The number of hydrogen-bond acceptors (Lipinski definition) is 3. The lowest BCUT2D eigenvalue weighted by Crippen LogP contribution is -2.51. The fourth-order valence-corrected chi connectivity index (χ4v) is 5.18. The summed E-state index contributed by atoms with van der Waals surface area (Å²) in [6, 6.07) is 25.5. The Bertz CT molecular complexity index is 1420. The predicted molar refractivity (Wildman–Crippen MR) is 152 cm³/mol. The summed E-state index contributed by atoms with van der Waals surface area (Å²) in [4.78, 5) is 28.2. The van der Waals surface area contributed by atoms with Gasteiger partial charge in [0.05, 0.1) is 4.47 Å². The van der Waals surface area contributed by atoms with Gasteiger partial charge in [-0.15, -0.1) is 0 Å². The summed E-state index contributed by atoms with van der Waals surface area (Å²) in [5.41, 5.74) is 1.60. The number of carbonyl (C=O) groups is 2. The molecule has 0 fully saturated rings. The molecule has 0 heterocycles. The molecule has 4 aromatic rings. The van der Waals surface area contributed by atoms with Gasteiger partial charge in [-0.3, -0.25) is 9.59 Å². The lowest BCUT2D eigenvalue weighted by atomic mass is 10.0. The third-order valence-electron chi connectivity index (χ3n) is 6.05. The molecule has 8 heteroatoms. The van der Waals surface area contributed by atoms with Crippen LogP contribution in [0.15, 0.2) is 89.4 Å². The van der Waals surface area contributed by atoms with Gasteiger partial charge in [0, 0.05) is 30.1 Å². The summed E-state index contributed by atoms with van der Waals surface area (Å²) < 4.78 is 6.73. The van der Waals surface area contributed by atoms with Gasteiger partial charge in [-0.2, -0.15) is 0 Å². The Kier molecular flexibility index (Phi) is 9.09. The molecular formula is C29H25BrCl2N2O3. The van der Waals surface area contributed by atoms with E-state index in [4.69, 9.17) is 27.9 Å². The van der Waals surface area contributed by atoms with Gasteiger partial charge in [0.25, 0.3) is 5.91 Å². The van der Waals surface area contributed by atoms with Gasteiger partial charge in [-0.05, 0) is 56.0 Å². The smallest absolute Gasteiger partial charge is 0.261 e. The number of benzene rings is 4. The highest BCUT2D eigenvalue weighted by Crippen LogP contribution is 2.33. The van der Waals surface area contributed by atoms with Crippen LogP contribution in [0.2, 0.25) is 10.0 Å². The van der Waals surface area contributed by atoms with Crippen LogP contribution in [0.1, 0.15) is 11.1 Å². The Labute approximate surface area is 234 Å². The second-order valence-corrected chi connectivity index (χ2v) is 10.1. The highest BCUT2D eigenvalue weighted by Gasteiger charge is 2.30. The Hall–Kier alpha value is -3.06. The SMILES string of the molecule is CNC(=O)[C@@H](Cc1ccccc1)N(Cc1ccc(Cl)cc1Cl)C(=O)COc1ccc2ccccc2c1Br. The molecule has 5 nitrogen and oxygen atoms in total. The van der Waals surface area contributed by atoms with Gasteiger partial charge in [-0.1, -0.05) is 89.9 Å². The summed E-state index contributed by atoms with van der Waals surface area (Å²) in [6.07, 6.45) is 0.330. The molecule has 4 rings (SSSR count). The molecular weight excluding hydrogens is 575 g/mol. The quantitative estimate of drug-likeness (QED) is 0.234. The number of nitrogens with zero attached hydrogens (tertiary/aromatic N) is 1. The minimum atomic E-state index is -0.782. The van der Waals surface area contributed by atoms with E-state index >= 15 is 0 Å². The lowest BCUT2D eigenvalue weighted by molar-refractivity contribution is -0.142. The molecule has 37 heavy (non-hydrogen) atoms. The van der Waals surface area contributed by atoms with E-state index in [1.165, 1.54) is 4.90 Å². The van der Waals surface area contributed by atoms with Gasteiger partial charge < -0.3 is 15.0 Å². The molecule has 0 saturated carbocycles. The topological polar surface area (TPSA) is 58.6 Å². The molecule has 0 saturated heterocycles. The van der Waals surface area contributed by atoms with Crippen LogP contribution in [0.4, 0.5) is 0 Å². The van der Waals surface area contributed by atoms with Crippen LogP contribution in [-0.2, 0) is 22.6 Å². The van der Waals surface area contributed by atoms with Crippen molar-refractivity contribution in [3.63, 3.8) is 0 Å². The number of rotatable bonds is 9. The molecule has 0 aliphatic heterocycles. The van der Waals surface area contributed by atoms with Crippen molar-refractivity contribution in [2.75, 3.05) is 13.7 Å². The van der Waals surface area contributed by atoms with Crippen molar-refractivity contribution in [3.8, 4) is 5.75 Å². The number of nitrogens with one attached hydrogen (secondary N) is 1. The van der Waals surface area contributed by atoms with Gasteiger partial charge in [-0.25, -0.2) is 0 Å². The first kappa shape index (κ1) is 27.0. The molecule has 4 aromatic carbocycles. The van der Waals surface area contributed by atoms with Crippen LogP contribution >= 0.6 is 39.1 Å². The Morgan fingerprint density at radius 2 is 1.70 bits per heavy atom. The molecule has 0 radical (unpaired) electrons. The van der Waals surface area contributed by atoms with Crippen molar-refractivity contribution in [1.29, 1.82) is 0 Å². The minimum absolute atomic E-state index is 0.113. The number of carbonyl (C=O) groups excluding carboxylic acids is 2. The van der Waals surface area contributed by atoms with Gasteiger partial charge in [0.2, 0.25) is 5.91 Å². The summed E-state index contributed by atoms with van der Waals surface area (Å²) in [5, 5.41) is 5.63. The summed E-state index contributed by atoms with van der Waals surface area (Å²) >= 11 is 16.1. The summed E-state index contributed by atoms with van der Waals surface area (Å²) in [6.45, 7) is -0.146. The average molecular weight is 600 g/mol. The van der Waals surface area contributed by atoms with Crippen LogP contribution in [0.5, 0.6) is 5.75 Å². The summed E-state index contributed by atoms with van der Waals surface area (Å²) in [7, 11) is 1.56. The van der Waals surface area contributed by atoms with E-state index in [0.717, 1.165) is 20.8 Å². The number of amides is 2. The highest BCUT2D eigenvalue weighted by atomic mass is 79.9. The van der Waals surface area contributed by atoms with Gasteiger partial charge in [0.1, 0.15) is 11.8 Å². The number of halogens is 3. The maximum atomic E-state index is 13.7. The third kappa shape index (κ3) is 6.63. The zero-order chi connectivity index (χ0) is 26.4. The van der Waals surface area contributed by atoms with Crippen LogP contribution in [0, 0.1) is 0 Å². The van der Waals surface area contributed by atoms with Crippen molar-refractivity contribution in [3.05, 3.63) is 111 Å². The molecule has 0 aromatic heterocycles. The lowest BCUT2D eigenvalue weighted by Gasteiger charge is -2.31. The zero-order valence-electron chi connectivity index (χ0n) is 20.1. The average Bonchev–Trinajstić information content (AvgIpc) is 2.91. The van der Waals surface area contributed by atoms with Crippen molar-refractivity contribution >= 4 is 61.7 Å². The van der Waals surface area contributed by atoms with Crippen LogP contribution in [0.25, 0.3) is 10.8 Å². The van der Waals surface area contributed by atoms with E-state index in [-0.39, 0.29) is 25.0 Å². The zero-order valence-corrected chi connectivity index (χ0v) is 23.2. The maximum absolute atomic E-state index is 13.7. The maximum Gasteiger partial charge on any atom is 0.261 e.